The van der Waals surface area contributed by atoms with E-state index in [-0.39, 0.29) is 4.88 Å². The Morgan fingerprint density at radius 3 is 2.86 bits per heavy atom. The summed E-state index contributed by atoms with van der Waals surface area (Å²) in [6.07, 6.45) is 2.27. The molecule has 0 unspecified atom stereocenters. The van der Waals surface area contributed by atoms with Crippen molar-refractivity contribution in [2.24, 2.45) is 0 Å². The number of aromatic nitrogens is 2. The smallest absolute Gasteiger partial charge is 0.349 e. The molecule has 8 heteroatoms. The number of anilines is 1. The molecule has 0 radical (unpaired) electrons. The van der Waals surface area contributed by atoms with Crippen molar-refractivity contribution in [3.05, 3.63) is 53.2 Å². The SMILES string of the molecule is CCOc1cc(-c2cc(NCCc3cccc(OC)c3)ncn2)sc1C(=O)O. The summed E-state index contributed by atoms with van der Waals surface area (Å²) in [5.41, 5.74) is 1.81. The van der Waals surface area contributed by atoms with Gasteiger partial charge in [-0.25, -0.2) is 14.8 Å². The Balaban J connectivity index is 1.70. The van der Waals surface area contributed by atoms with Gasteiger partial charge in [0.25, 0.3) is 0 Å². The number of hydrogen-bond acceptors (Lipinski definition) is 7. The average Bonchev–Trinajstić information content (AvgIpc) is 3.13. The molecule has 0 fully saturated rings. The molecule has 3 rings (SSSR count). The largest absolute Gasteiger partial charge is 0.497 e. The third-order valence-corrected chi connectivity index (χ3v) is 5.09. The Labute approximate surface area is 167 Å². The van der Waals surface area contributed by atoms with Gasteiger partial charge < -0.3 is 19.9 Å². The van der Waals surface area contributed by atoms with E-state index in [1.165, 1.54) is 6.33 Å². The fourth-order valence-corrected chi connectivity index (χ4v) is 3.57. The lowest BCUT2D eigenvalue weighted by Gasteiger charge is -2.07. The molecule has 146 valence electrons. The zero-order chi connectivity index (χ0) is 19.9. The highest BCUT2D eigenvalue weighted by Gasteiger charge is 2.18. The van der Waals surface area contributed by atoms with Crippen LogP contribution in [0.2, 0.25) is 0 Å². The minimum Gasteiger partial charge on any atom is -0.497 e. The fraction of sp³-hybridized carbons (Fsp3) is 0.250. The number of methoxy groups -OCH3 is 1. The lowest BCUT2D eigenvalue weighted by atomic mass is 10.1. The van der Waals surface area contributed by atoms with Gasteiger partial charge in [-0.05, 0) is 31.0 Å². The predicted octanol–water partition coefficient (Wildman–Crippen LogP) is 3.97. The molecule has 0 saturated carbocycles. The topological polar surface area (TPSA) is 93.6 Å². The third-order valence-electron chi connectivity index (χ3n) is 3.97. The number of ether oxygens (including phenoxy) is 2. The molecule has 1 aromatic carbocycles. The molecular formula is C20H21N3O4S. The molecule has 7 nitrogen and oxygen atoms in total. The van der Waals surface area contributed by atoms with Crippen LogP contribution in [0.15, 0.2) is 42.7 Å². The van der Waals surface area contributed by atoms with Crippen molar-refractivity contribution in [3.63, 3.8) is 0 Å². The number of hydrogen-bond donors (Lipinski definition) is 2. The number of carboxylic acids is 1. The Morgan fingerprint density at radius 1 is 1.25 bits per heavy atom. The van der Waals surface area contributed by atoms with Crippen molar-refractivity contribution < 1.29 is 19.4 Å². The van der Waals surface area contributed by atoms with Gasteiger partial charge in [0.05, 0.1) is 24.3 Å². The van der Waals surface area contributed by atoms with Crippen LogP contribution in [0, 0.1) is 0 Å². The standard InChI is InChI=1S/C20H21N3O4S/c1-3-27-16-11-17(28-19(16)20(24)25)15-10-18(23-12-22-15)21-8-7-13-5-4-6-14(9-13)26-2/h4-6,9-12H,3,7-8H2,1-2H3,(H,24,25)(H,21,22,23). The molecule has 28 heavy (non-hydrogen) atoms. The van der Waals surface area contributed by atoms with Crippen molar-refractivity contribution in [1.29, 1.82) is 0 Å². The lowest BCUT2D eigenvalue weighted by molar-refractivity contribution is 0.0698. The lowest BCUT2D eigenvalue weighted by Crippen LogP contribution is -2.06. The Bertz CT molecular complexity index is 958. The number of carboxylic acid groups (broad SMARTS) is 1. The van der Waals surface area contributed by atoms with Gasteiger partial charge in [0.15, 0.2) is 4.88 Å². The van der Waals surface area contributed by atoms with Gasteiger partial charge in [-0.2, -0.15) is 0 Å². The van der Waals surface area contributed by atoms with Crippen molar-refractivity contribution in [3.8, 4) is 22.1 Å². The number of rotatable bonds is 9. The van der Waals surface area contributed by atoms with Crippen LogP contribution in [-0.4, -0.2) is 41.3 Å². The maximum absolute atomic E-state index is 11.4. The van der Waals surface area contributed by atoms with Crippen molar-refractivity contribution >= 4 is 23.1 Å². The van der Waals surface area contributed by atoms with Gasteiger partial charge in [-0.1, -0.05) is 12.1 Å². The summed E-state index contributed by atoms with van der Waals surface area (Å²) in [5, 5.41) is 12.6. The van der Waals surface area contributed by atoms with Gasteiger partial charge in [0.2, 0.25) is 0 Å². The first-order valence-corrected chi connectivity index (χ1v) is 9.61. The van der Waals surface area contributed by atoms with Crippen molar-refractivity contribution in [2.45, 2.75) is 13.3 Å². The van der Waals surface area contributed by atoms with E-state index in [4.69, 9.17) is 9.47 Å². The average molecular weight is 399 g/mol. The van der Waals surface area contributed by atoms with Gasteiger partial charge in [-0.15, -0.1) is 11.3 Å². The van der Waals surface area contributed by atoms with Crippen LogP contribution >= 0.6 is 11.3 Å². The normalized spacial score (nSPS) is 10.5. The second-order valence-electron chi connectivity index (χ2n) is 5.86. The quantitative estimate of drug-likeness (QED) is 0.562. The van der Waals surface area contributed by atoms with Crippen LogP contribution in [0.1, 0.15) is 22.2 Å². The van der Waals surface area contributed by atoms with Gasteiger partial charge in [-0.3, -0.25) is 0 Å². The molecule has 3 aromatic rings. The van der Waals surface area contributed by atoms with E-state index in [0.717, 1.165) is 33.9 Å². The summed E-state index contributed by atoms with van der Waals surface area (Å²) in [6.45, 7) is 2.91. The first-order chi connectivity index (χ1) is 13.6. The molecule has 0 aliphatic rings. The third kappa shape index (κ3) is 4.77. The number of carbonyl (C=O) groups is 1. The second kappa shape index (κ2) is 9.18. The molecule has 2 heterocycles. The van der Waals surface area contributed by atoms with Crippen LogP contribution < -0.4 is 14.8 Å². The van der Waals surface area contributed by atoms with Gasteiger partial charge >= 0.3 is 5.97 Å². The summed E-state index contributed by atoms with van der Waals surface area (Å²) in [4.78, 5) is 20.8. The van der Waals surface area contributed by atoms with Crippen molar-refractivity contribution in [2.75, 3.05) is 25.6 Å². The zero-order valence-electron chi connectivity index (χ0n) is 15.6. The highest BCUT2D eigenvalue weighted by atomic mass is 32.1. The predicted molar refractivity (Wildman–Crippen MR) is 109 cm³/mol. The molecule has 0 saturated heterocycles. The van der Waals surface area contributed by atoms with E-state index < -0.39 is 5.97 Å². The maximum Gasteiger partial charge on any atom is 0.349 e. The van der Waals surface area contributed by atoms with Crippen LogP contribution in [0.5, 0.6) is 11.5 Å². The van der Waals surface area contributed by atoms with Gasteiger partial charge in [0.1, 0.15) is 23.6 Å². The van der Waals surface area contributed by atoms with Crippen molar-refractivity contribution in [1.82, 2.24) is 9.97 Å². The van der Waals surface area contributed by atoms with E-state index >= 15 is 0 Å². The fourth-order valence-electron chi connectivity index (χ4n) is 2.66. The molecule has 0 aliphatic heterocycles. The Hall–Kier alpha value is -3.13. The van der Waals surface area contributed by atoms with E-state index in [1.54, 1.807) is 19.2 Å². The zero-order valence-corrected chi connectivity index (χ0v) is 16.5. The molecular weight excluding hydrogens is 378 g/mol. The first-order valence-electron chi connectivity index (χ1n) is 8.80. The molecule has 0 aliphatic carbocycles. The summed E-state index contributed by atoms with van der Waals surface area (Å²) in [5.74, 6) is 0.863. The van der Waals surface area contributed by atoms with Crippen LogP contribution in [0.25, 0.3) is 10.6 Å². The van der Waals surface area contributed by atoms with Crippen LogP contribution in [0.3, 0.4) is 0 Å². The number of benzene rings is 1. The summed E-state index contributed by atoms with van der Waals surface area (Å²) in [6, 6.07) is 11.4. The van der Waals surface area contributed by atoms with E-state index in [2.05, 4.69) is 15.3 Å². The second-order valence-corrected chi connectivity index (χ2v) is 6.91. The summed E-state index contributed by atoms with van der Waals surface area (Å²) < 4.78 is 10.7. The van der Waals surface area contributed by atoms with E-state index in [0.29, 0.717) is 30.4 Å². The number of aromatic carboxylic acids is 1. The maximum atomic E-state index is 11.4. The first kappa shape index (κ1) is 19.6. The summed E-state index contributed by atoms with van der Waals surface area (Å²) >= 11 is 1.14. The number of nitrogens with zero attached hydrogens (tertiary/aromatic N) is 2. The minimum absolute atomic E-state index is 0.169. The molecule has 0 atom stereocenters. The molecule has 2 aromatic heterocycles. The van der Waals surface area contributed by atoms with Gasteiger partial charge in [0, 0.05) is 18.7 Å². The molecule has 0 bridgehead atoms. The van der Waals surface area contributed by atoms with E-state index in [1.807, 2.05) is 31.2 Å². The Morgan fingerprint density at radius 2 is 2.11 bits per heavy atom. The number of nitrogens with one attached hydrogen (secondary N) is 1. The Kier molecular flexibility index (Phi) is 6.44. The molecule has 0 amide bonds. The van der Waals surface area contributed by atoms with E-state index in [9.17, 15) is 9.90 Å². The molecule has 2 N–H and O–H groups in total. The minimum atomic E-state index is -1.01. The number of thiophene rings is 1. The highest BCUT2D eigenvalue weighted by Crippen LogP contribution is 2.36. The highest BCUT2D eigenvalue weighted by molar-refractivity contribution is 7.17. The summed E-state index contributed by atoms with van der Waals surface area (Å²) in [7, 11) is 1.65. The molecule has 0 spiro atoms. The van der Waals surface area contributed by atoms with Crippen LogP contribution in [-0.2, 0) is 6.42 Å². The van der Waals surface area contributed by atoms with Crippen LogP contribution in [0.4, 0.5) is 5.82 Å². The monoisotopic (exact) mass is 399 g/mol.